The molecule has 2 unspecified atom stereocenters. The summed E-state index contributed by atoms with van der Waals surface area (Å²) < 4.78 is 0. The van der Waals surface area contributed by atoms with Crippen molar-refractivity contribution < 1.29 is 0 Å². The van der Waals surface area contributed by atoms with Crippen molar-refractivity contribution in [1.29, 1.82) is 0 Å². The Balaban J connectivity index is 2.35. The molecule has 100 valence electrons. The summed E-state index contributed by atoms with van der Waals surface area (Å²) >= 11 is 0. The number of aryl methyl sites for hydroxylation is 1. The van der Waals surface area contributed by atoms with E-state index in [9.17, 15) is 0 Å². The lowest BCUT2D eigenvalue weighted by molar-refractivity contribution is 0.354. The quantitative estimate of drug-likeness (QED) is 0.873. The van der Waals surface area contributed by atoms with E-state index in [4.69, 9.17) is 0 Å². The molecule has 0 saturated carbocycles. The first kappa shape index (κ1) is 13.1. The lowest BCUT2D eigenvalue weighted by Gasteiger charge is -2.28. The molecule has 1 aliphatic heterocycles. The van der Waals surface area contributed by atoms with Crippen molar-refractivity contribution in [2.24, 2.45) is 11.8 Å². The fourth-order valence-corrected chi connectivity index (χ4v) is 2.64. The first-order valence-corrected chi connectivity index (χ1v) is 6.86. The van der Waals surface area contributed by atoms with Crippen molar-refractivity contribution in [2.45, 2.75) is 40.2 Å². The smallest absolute Gasteiger partial charge is 0.171 e. The predicted octanol–water partition coefficient (Wildman–Crippen LogP) is 2.56. The first-order chi connectivity index (χ1) is 8.52. The fourth-order valence-electron chi connectivity index (χ4n) is 2.64. The Morgan fingerprint density at radius 3 is 2.83 bits per heavy atom. The van der Waals surface area contributed by atoms with E-state index in [-0.39, 0.29) is 0 Å². The van der Waals surface area contributed by atoms with Gasteiger partial charge in [0.05, 0.1) is 11.9 Å². The molecule has 0 amide bonds. The minimum Gasteiger partial charge on any atom is -0.364 e. The van der Waals surface area contributed by atoms with Crippen LogP contribution in [0.2, 0.25) is 0 Å². The predicted molar refractivity (Wildman–Crippen MR) is 76.1 cm³/mol. The zero-order chi connectivity index (χ0) is 13.3. The van der Waals surface area contributed by atoms with Crippen LogP contribution in [0.4, 0.5) is 11.6 Å². The minimum absolute atomic E-state index is 0.426. The summed E-state index contributed by atoms with van der Waals surface area (Å²) in [5, 5.41) is 3.54. The Hall–Kier alpha value is -1.32. The van der Waals surface area contributed by atoms with Crippen LogP contribution in [0.5, 0.6) is 0 Å². The molecule has 0 saturated heterocycles. The van der Waals surface area contributed by atoms with Gasteiger partial charge in [-0.05, 0) is 25.2 Å². The molecule has 1 aliphatic rings. The summed E-state index contributed by atoms with van der Waals surface area (Å²) in [5.41, 5.74) is 1.05. The summed E-state index contributed by atoms with van der Waals surface area (Å²) in [6.45, 7) is 9.94. The normalized spacial score (nSPS) is 23.6. The van der Waals surface area contributed by atoms with Gasteiger partial charge in [-0.2, -0.15) is 0 Å². The Morgan fingerprint density at radius 1 is 1.50 bits per heavy atom. The molecule has 0 aliphatic carbocycles. The van der Waals surface area contributed by atoms with Gasteiger partial charge in [0, 0.05) is 19.6 Å². The highest BCUT2D eigenvalue weighted by atomic mass is 15.2. The highest BCUT2D eigenvalue weighted by Gasteiger charge is 2.28. The van der Waals surface area contributed by atoms with Gasteiger partial charge in [-0.15, -0.1) is 0 Å². The zero-order valence-corrected chi connectivity index (χ0v) is 12.1. The van der Waals surface area contributed by atoms with Gasteiger partial charge in [-0.25, -0.2) is 9.97 Å². The first-order valence-electron chi connectivity index (χ1n) is 6.86. The molecule has 1 aromatic heterocycles. The summed E-state index contributed by atoms with van der Waals surface area (Å²) in [6.07, 6.45) is 2.81. The van der Waals surface area contributed by atoms with E-state index in [0.29, 0.717) is 17.9 Å². The monoisotopic (exact) mass is 248 g/mol. The number of rotatable bonds is 2. The molecule has 0 fully saturated rings. The summed E-state index contributed by atoms with van der Waals surface area (Å²) in [4.78, 5) is 11.5. The van der Waals surface area contributed by atoms with Gasteiger partial charge in [0.2, 0.25) is 0 Å². The van der Waals surface area contributed by atoms with Crippen LogP contribution in [-0.2, 0) is 6.42 Å². The third kappa shape index (κ3) is 2.42. The number of nitrogens with zero attached hydrogens (tertiary/aromatic N) is 3. The molecule has 0 aromatic carbocycles. The van der Waals surface area contributed by atoms with Crippen LogP contribution in [0, 0.1) is 11.8 Å². The van der Waals surface area contributed by atoms with Crippen molar-refractivity contribution >= 4 is 11.6 Å². The number of hydrogen-bond acceptors (Lipinski definition) is 4. The molecular weight excluding hydrogens is 224 g/mol. The Kier molecular flexibility index (Phi) is 3.73. The van der Waals surface area contributed by atoms with Crippen LogP contribution in [0.15, 0.2) is 6.20 Å². The second-order valence-corrected chi connectivity index (χ2v) is 5.61. The molecule has 0 radical (unpaired) electrons. The van der Waals surface area contributed by atoms with Crippen molar-refractivity contribution in [2.75, 3.05) is 23.8 Å². The molecule has 0 spiro atoms. The van der Waals surface area contributed by atoms with Gasteiger partial charge in [0.1, 0.15) is 0 Å². The molecular formula is C14H24N4. The van der Waals surface area contributed by atoms with E-state index in [1.807, 2.05) is 6.20 Å². The van der Waals surface area contributed by atoms with E-state index >= 15 is 0 Å². The number of nitrogens with one attached hydrogen (secondary N) is 1. The summed E-state index contributed by atoms with van der Waals surface area (Å²) in [7, 11) is 2.11. The van der Waals surface area contributed by atoms with Crippen LogP contribution >= 0.6 is 0 Å². The van der Waals surface area contributed by atoms with Gasteiger partial charge in [0.15, 0.2) is 11.6 Å². The standard InChI is InChI=1S/C14H24N4/c1-6-11-7-15-14-13(17-11)16-10(4)12(9(2)3)8-18(14)5/h7,9-10,12H,6,8H2,1-5H3,(H,16,17). The highest BCUT2D eigenvalue weighted by Crippen LogP contribution is 2.30. The van der Waals surface area contributed by atoms with Gasteiger partial charge in [0.25, 0.3) is 0 Å². The number of fused-ring (bicyclic) bond motifs is 1. The Bertz CT molecular complexity index is 416. The van der Waals surface area contributed by atoms with Gasteiger partial charge in [-0.3, -0.25) is 0 Å². The SMILES string of the molecule is CCc1cnc2c(n1)NC(C)C(C(C)C)CN2C. The maximum absolute atomic E-state index is 4.67. The zero-order valence-electron chi connectivity index (χ0n) is 12.1. The number of anilines is 2. The molecule has 2 atom stereocenters. The van der Waals surface area contributed by atoms with Gasteiger partial charge in [-0.1, -0.05) is 20.8 Å². The Labute approximate surface area is 110 Å². The lowest BCUT2D eigenvalue weighted by Crippen LogP contribution is -2.35. The lowest BCUT2D eigenvalue weighted by atomic mass is 9.89. The van der Waals surface area contributed by atoms with Crippen LogP contribution in [0.25, 0.3) is 0 Å². The van der Waals surface area contributed by atoms with E-state index < -0.39 is 0 Å². The maximum Gasteiger partial charge on any atom is 0.171 e. The number of hydrogen-bond donors (Lipinski definition) is 1. The molecule has 4 heteroatoms. The third-order valence-electron chi connectivity index (χ3n) is 3.87. The van der Waals surface area contributed by atoms with Crippen LogP contribution in [0.1, 0.15) is 33.4 Å². The fraction of sp³-hybridized carbons (Fsp3) is 0.714. The summed E-state index contributed by atoms with van der Waals surface area (Å²) in [5.74, 6) is 3.17. The molecule has 1 N–H and O–H groups in total. The third-order valence-corrected chi connectivity index (χ3v) is 3.87. The van der Waals surface area contributed by atoms with Crippen LogP contribution < -0.4 is 10.2 Å². The van der Waals surface area contributed by atoms with E-state index in [2.05, 4.69) is 54.9 Å². The van der Waals surface area contributed by atoms with Gasteiger partial charge < -0.3 is 10.2 Å². The van der Waals surface area contributed by atoms with Gasteiger partial charge >= 0.3 is 0 Å². The minimum atomic E-state index is 0.426. The molecule has 4 nitrogen and oxygen atoms in total. The van der Waals surface area contributed by atoms with Crippen molar-refractivity contribution in [1.82, 2.24) is 9.97 Å². The second-order valence-electron chi connectivity index (χ2n) is 5.61. The molecule has 2 heterocycles. The van der Waals surface area contributed by atoms with Crippen molar-refractivity contribution in [3.8, 4) is 0 Å². The maximum atomic E-state index is 4.67. The molecule has 2 rings (SSSR count). The van der Waals surface area contributed by atoms with E-state index in [0.717, 1.165) is 30.3 Å². The topological polar surface area (TPSA) is 41.1 Å². The van der Waals surface area contributed by atoms with E-state index in [1.54, 1.807) is 0 Å². The van der Waals surface area contributed by atoms with Crippen molar-refractivity contribution in [3.05, 3.63) is 11.9 Å². The van der Waals surface area contributed by atoms with Crippen molar-refractivity contribution in [3.63, 3.8) is 0 Å². The Morgan fingerprint density at radius 2 is 2.22 bits per heavy atom. The van der Waals surface area contributed by atoms with Crippen LogP contribution in [-0.4, -0.2) is 29.6 Å². The average Bonchev–Trinajstić information content (AvgIpc) is 2.46. The molecule has 18 heavy (non-hydrogen) atoms. The van der Waals surface area contributed by atoms with Crippen LogP contribution in [0.3, 0.4) is 0 Å². The highest BCUT2D eigenvalue weighted by molar-refractivity contribution is 5.62. The van der Waals surface area contributed by atoms with E-state index in [1.165, 1.54) is 0 Å². The second kappa shape index (κ2) is 5.12. The largest absolute Gasteiger partial charge is 0.364 e. The average molecular weight is 248 g/mol. The number of aromatic nitrogens is 2. The molecule has 1 aromatic rings. The summed E-state index contributed by atoms with van der Waals surface area (Å²) in [6, 6.07) is 0.426. The molecule has 0 bridgehead atoms.